The Balaban J connectivity index is 1.68. The predicted octanol–water partition coefficient (Wildman–Crippen LogP) is 2.38. The number of aryl methyl sites for hydroxylation is 1. The number of nitrogens with one attached hydrogen (secondary N) is 1. The molecule has 1 aliphatic rings. The van der Waals surface area contributed by atoms with Crippen LogP contribution >= 0.6 is 0 Å². The number of benzene rings is 1. The zero-order valence-corrected chi connectivity index (χ0v) is 16.5. The number of carbonyl (C=O) groups excluding carboxylic acids is 1. The van der Waals surface area contributed by atoms with Crippen LogP contribution in [-0.2, 0) is 7.05 Å². The van der Waals surface area contributed by atoms with E-state index in [0.29, 0.717) is 18.9 Å². The second kappa shape index (κ2) is 8.21. The number of amides is 2. The molecule has 0 saturated carbocycles. The molecule has 0 bridgehead atoms. The highest BCUT2D eigenvalue weighted by Gasteiger charge is 2.40. The zero-order chi connectivity index (χ0) is 21.1. The Bertz CT molecular complexity index is 1070. The number of likely N-dealkylation sites (tertiary alicyclic amines) is 1. The monoisotopic (exact) mass is 402 g/mol. The zero-order valence-electron chi connectivity index (χ0n) is 16.5. The molecule has 152 valence electrons. The lowest BCUT2D eigenvalue weighted by atomic mass is 9.82. The molecule has 2 aromatic heterocycles. The number of hydrogen-bond donors (Lipinski definition) is 2. The standard InChI is InChI=1S/C21H22N8O/c1-28-13-16(11-25-28)26-21-24-8-7-18(27-21)19(14-5-3-2-4-6-14)15-9-17(10-22)29(12-15)20(23)30/h2-8,11,13,15,17,19H,9,12H2,1H3,(H2,23,30)(H,24,26,27). The summed E-state index contributed by atoms with van der Waals surface area (Å²) in [6, 6.07) is 12.9. The molecule has 1 aromatic carbocycles. The van der Waals surface area contributed by atoms with Crippen LogP contribution in [0.1, 0.15) is 23.6 Å². The molecule has 1 saturated heterocycles. The molecule has 2 amide bonds. The Morgan fingerprint density at radius 3 is 2.77 bits per heavy atom. The summed E-state index contributed by atoms with van der Waals surface area (Å²) in [7, 11) is 1.84. The molecule has 3 atom stereocenters. The lowest BCUT2D eigenvalue weighted by Gasteiger charge is -2.24. The van der Waals surface area contributed by atoms with Crippen molar-refractivity contribution in [1.29, 1.82) is 5.26 Å². The fourth-order valence-electron chi connectivity index (χ4n) is 4.04. The van der Waals surface area contributed by atoms with Crippen molar-refractivity contribution in [2.45, 2.75) is 18.4 Å². The van der Waals surface area contributed by atoms with Gasteiger partial charge in [0, 0.05) is 31.9 Å². The number of aromatic nitrogens is 4. The van der Waals surface area contributed by atoms with E-state index in [0.717, 1.165) is 16.9 Å². The Hall–Kier alpha value is -3.93. The maximum atomic E-state index is 11.8. The van der Waals surface area contributed by atoms with Crippen LogP contribution in [0.3, 0.4) is 0 Å². The minimum Gasteiger partial charge on any atom is -0.351 e. The first-order valence-corrected chi connectivity index (χ1v) is 9.64. The summed E-state index contributed by atoms with van der Waals surface area (Å²) in [5, 5.41) is 16.8. The first-order chi connectivity index (χ1) is 14.5. The maximum Gasteiger partial charge on any atom is 0.315 e. The van der Waals surface area contributed by atoms with Gasteiger partial charge in [-0.1, -0.05) is 30.3 Å². The number of nitrogens with two attached hydrogens (primary N) is 1. The summed E-state index contributed by atoms with van der Waals surface area (Å²) in [6.45, 7) is 0.405. The molecule has 1 aliphatic heterocycles. The topological polar surface area (TPSA) is 126 Å². The Labute approximate surface area is 174 Å². The van der Waals surface area contributed by atoms with E-state index >= 15 is 0 Å². The Morgan fingerprint density at radius 1 is 1.33 bits per heavy atom. The molecule has 3 aromatic rings. The van der Waals surface area contributed by atoms with Gasteiger partial charge in [-0.3, -0.25) is 4.68 Å². The summed E-state index contributed by atoms with van der Waals surface area (Å²) < 4.78 is 1.69. The van der Waals surface area contributed by atoms with Gasteiger partial charge in [-0.25, -0.2) is 14.8 Å². The molecule has 9 nitrogen and oxygen atoms in total. The van der Waals surface area contributed by atoms with Crippen molar-refractivity contribution in [2.75, 3.05) is 11.9 Å². The van der Waals surface area contributed by atoms with E-state index in [1.54, 1.807) is 17.1 Å². The highest BCUT2D eigenvalue weighted by Crippen LogP contribution is 2.39. The molecule has 3 unspecified atom stereocenters. The maximum absolute atomic E-state index is 11.8. The van der Waals surface area contributed by atoms with Gasteiger partial charge in [0.2, 0.25) is 5.95 Å². The van der Waals surface area contributed by atoms with E-state index in [1.807, 2.05) is 49.6 Å². The molecule has 0 radical (unpaired) electrons. The van der Waals surface area contributed by atoms with Gasteiger partial charge in [0.25, 0.3) is 0 Å². The van der Waals surface area contributed by atoms with Crippen LogP contribution in [-0.4, -0.2) is 43.3 Å². The quantitative estimate of drug-likeness (QED) is 0.675. The summed E-state index contributed by atoms with van der Waals surface area (Å²) in [4.78, 5) is 22.3. The van der Waals surface area contributed by atoms with E-state index in [1.165, 1.54) is 4.90 Å². The summed E-state index contributed by atoms with van der Waals surface area (Å²) in [6.07, 6.45) is 5.78. The Morgan fingerprint density at radius 2 is 2.13 bits per heavy atom. The van der Waals surface area contributed by atoms with Crippen LogP contribution in [0.25, 0.3) is 0 Å². The fourth-order valence-corrected chi connectivity index (χ4v) is 4.04. The van der Waals surface area contributed by atoms with Gasteiger partial charge < -0.3 is 16.0 Å². The van der Waals surface area contributed by atoms with Gasteiger partial charge in [-0.2, -0.15) is 10.4 Å². The third-order valence-electron chi connectivity index (χ3n) is 5.35. The second-order valence-electron chi connectivity index (χ2n) is 7.35. The number of rotatable bonds is 5. The minimum absolute atomic E-state index is 0.00527. The third-order valence-corrected chi connectivity index (χ3v) is 5.35. The number of urea groups is 1. The first-order valence-electron chi connectivity index (χ1n) is 9.64. The van der Waals surface area contributed by atoms with Crippen LogP contribution in [0.2, 0.25) is 0 Å². The summed E-state index contributed by atoms with van der Waals surface area (Å²) in [5.74, 6) is 0.359. The van der Waals surface area contributed by atoms with E-state index in [-0.39, 0.29) is 11.8 Å². The average Bonchev–Trinajstić information content (AvgIpc) is 3.35. The van der Waals surface area contributed by atoms with Crippen molar-refractivity contribution >= 4 is 17.7 Å². The highest BCUT2D eigenvalue weighted by molar-refractivity contribution is 5.73. The van der Waals surface area contributed by atoms with Gasteiger partial charge in [-0.05, 0) is 24.0 Å². The smallest absolute Gasteiger partial charge is 0.315 e. The number of primary amides is 1. The predicted molar refractivity (Wildman–Crippen MR) is 111 cm³/mol. The molecule has 30 heavy (non-hydrogen) atoms. The lowest BCUT2D eigenvalue weighted by molar-refractivity contribution is 0.209. The number of nitriles is 1. The molecule has 0 spiro atoms. The summed E-state index contributed by atoms with van der Waals surface area (Å²) in [5.41, 5.74) is 8.18. The number of nitrogens with zero attached hydrogens (tertiary/aromatic N) is 6. The molecule has 3 N–H and O–H groups in total. The number of hydrogen-bond acceptors (Lipinski definition) is 6. The van der Waals surface area contributed by atoms with Crippen molar-refractivity contribution in [3.63, 3.8) is 0 Å². The average molecular weight is 402 g/mol. The fraction of sp³-hybridized carbons (Fsp3) is 0.286. The number of carbonyl (C=O) groups is 1. The van der Waals surface area contributed by atoms with E-state index in [2.05, 4.69) is 21.5 Å². The summed E-state index contributed by atoms with van der Waals surface area (Å²) >= 11 is 0. The van der Waals surface area contributed by atoms with Crippen LogP contribution in [0, 0.1) is 17.2 Å². The van der Waals surface area contributed by atoms with Crippen LogP contribution in [0.4, 0.5) is 16.4 Å². The van der Waals surface area contributed by atoms with Gasteiger partial charge in [0.1, 0.15) is 6.04 Å². The van der Waals surface area contributed by atoms with E-state index in [9.17, 15) is 10.1 Å². The molecular weight excluding hydrogens is 380 g/mol. The van der Waals surface area contributed by atoms with Gasteiger partial charge in [0.15, 0.2) is 0 Å². The van der Waals surface area contributed by atoms with Crippen molar-refractivity contribution in [3.05, 3.63) is 66.2 Å². The lowest BCUT2D eigenvalue weighted by Crippen LogP contribution is -2.39. The molecule has 0 aliphatic carbocycles. The second-order valence-corrected chi connectivity index (χ2v) is 7.35. The van der Waals surface area contributed by atoms with Crippen molar-refractivity contribution < 1.29 is 4.79 Å². The SMILES string of the molecule is Cn1cc(Nc2nccc(C(c3ccccc3)C3CC(C#N)N(C(N)=O)C3)n2)cn1. The van der Waals surface area contributed by atoms with Crippen molar-refractivity contribution in [3.8, 4) is 6.07 Å². The molecule has 9 heteroatoms. The van der Waals surface area contributed by atoms with Crippen LogP contribution in [0.5, 0.6) is 0 Å². The van der Waals surface area contributed by atoms with Crippen molar-refractivity contribution in [1.82, 2.24) is 24.6 Å². The Kier molecular flexibility index (Phi) is 5.30. The third kappa shape index (κ3) is 3.93. The molecular formula is C21H22N8O. The van der Waals surface area contributed by atoms with Gasteiger partial charge in [-0.15, -0.1) is 0 Å². The highest BCUT2D eigenvalue weighted by atomic mass is 16.2. The van der Waals surface area contributed by atoms with E-state index in [4.69, 9.17) is 10.7 Å². The van der Waals surface area contributed by atoms with Crippen LogP contribution < -0.4 is 11.1 Å². The van der Waals surface area contributed by atoms with Crippen molar-refractivity contribution in [2.24, 2.45) is 18.7 Å². The normalized spacial score (nSPS) is 19.3. The first kappa shape index (κ1) is 19.4. The molecule has 1 fully saturated rings. The molecule has 4 rings (SSSR count). The minimum atomic E-state index is -0.572. The largest absolute Gasteiger partial charge is 0.351 e. The van der Waals surface area contributed by atoms with E-state index < -0.39 is 12.1 Å². The van der Waals surface area contributed by atoms with Crippen LogP contribution in [0.15, 0.2) is 55.0 Å². The molecule has 3 heterocycles. The van der Waals surface area contributed by atoms with Gasteiger partial charge >= 0.3 is 6.03 Å². The van der Waals surface area contributed by atoms with Gasteiger partial charge in [0.05, 0.1) is 23.6 Å². The number of anilines is 2.